The topological polar surface area (TPSA) is 110 Å². The van der Waals surface area contributed by atoms with E-state index in [-0.39, 0.29) is 27.1 Å². The second kappa shape index (κ2) is 8.52. The van der Waals surface area contributed by atoms with Crippen molar-refractivity contribution >= 4 is 80.9 Å². The molecule has 0 saturated carbocycles. The second-order valence-corrected chi connectivity index (χ2v) is 8.28. The van der Waals surface area contributed by atoms with E-state index in [9.17, 15) is 14.7 Å². The number of fused-ring (bicyclic) bond motifs is 1. The number of carboxylic acid groups (broad SMARTS) is 1. The summed E-state index contributed by atoms with van der Waals surface area (Å²) in [5, 5.41) is 13.4. The molecule has 4 aromatic rings. The second-order valence-electron chi connectivity index (χ2n) is 6.65. The van der Waals surface area contributed by atoms with Crippen molar-refractivity contribution in [3.63, 3.8) is 0 Å². The van der Waals surface area contributed by atoms with E-state index in [4.69, 9.17) is 52.1 Å². The Balaban J connectivity index is 2.00. The molecule has 1 amide bonds. The third kappa shape index (κ3) is 3.96. The van der Waals surface area contributed by atoms with Crippen LogP contribution in [0.4, 0.5) is 11.6 Å². The molecule has 0 fully saturated rings. The number of anilines is 2. The number of amides is 1. The standard InChI is InChI=1S/C21H12Cl4N4O3/c22-11-2-1-3-12(23)18(11)28-21-27-15-6-9(20(31)32)4-5-16(15)29(21)17-8-13(24)10(19(26)30)7-14(17)25/h1-8H,(H2,26,30)(H,27,28)(H,31,32). The molecule has 0 spiro atoms. The van der Waals surface area contributed by atoms with Gasteiger partial charge in [-0.05, 0) is 42.5 Å². The summed E-state index contributed by atoms with van der Waals surface area (Å²) in [6, 6.07) is 12.2. The van der Waals surface area contributed by atoms with E-state index in [1.165, 1.54) is 24.3 Å². The molecule has 0 radical (unpaired) electrons. The fourth-order valence-corrected chi connectivity index (χ4v) is 4.16. The van der Waals surface area contributed by atoms with Gasteiger partial charge in [0.2, 0.25) is 11.9 Å². The SMILES string of the molecule is NC(=O)c1cc(Cl)c(-n2c(Nc3c(Cl)cccc3Cl)nc3cc(C(=O)O)ccc32)cc1Cl. The summed E-state index contributed by atoms with van der Waals surface area (Å²) in [4.78, 5) is 27.6. The first kappa shape index (κ1) is 22.2. The molecule has 4 N–H and O–H groups in total. The minimum atomic E-state index is -1.10. The number of hydrogen-bond acceptors (Lipinski definition) is 4. The van der Waals surface area contributed by atoms with Crippen molar-refractivity contribution in [2.75, 3.05) is 5.32 Å². The third-order valence-electron chi connectivity index (χ3n) is 4.64. The number of benzene rings is 3. The van der Waals surface area contributed by atoms with Gasteiger partial charge in [0.15, 0.2) is 0 Å². The number of halogens is 4. The molecule has 1 aromatic heterocycles. The fourth-order valence-electron chi connectivity index (χ4n) is 3.17. The number of imidazole rings is 1. The quantitative estimate of drug-likeness (QED) is 0.297. The molecule has 3 aromatic carbocycles. The van der Waals surface area contributed by atoms with Crippen molar-refractivity contribution in [2.45, 2.75) is 0 Å². The molecule has 7 nitrogen and oxygen atoms in total. The van der Waals surface area contributed by atoms with Gasteiger partial charge in [0.25, 0.3) is 0 Å². The van der Waals surface area contributed by atoms with Crippen molar-refractivity contribution < 1.29 is 14.7 Å². The molecule has 1 heterocycles. The van der Waals surface area contributed by atoms with Crippen LogP contribution in [0.3, 0.4) is 0 Å². The molecule has 0 aliphatic rings. The maximum atomic E-state index is 11.6. The Morgan fingerprint density at radius 1 is 0.938 bits per heavy atom. The van der Waals surface area contributed by atoms with Gasteiger partial charge in [-0.3, -0.25) is 9.36 Å². The first-order valence-electron chi connectivity index (χ1n) is 8.93. The average molecular weight is 510 g/mol. The van der Waals surface area contributed by atoms with Crippen LogP contribution < -0.4 is 11.1 Å². The summed E-state index contributed by atoms with van der Waals surface area (Å²) in [6.07, 6.45) is 0. The van der Waals surface area contributed by atoms with E-state index in [0.29, 0.717) is 32.5 Å². The Morgan fingerprint density at radius 3 is 2.25 bits per heavy atom. The minimum Gasteiger partial charge on any atom is -0.478 e. The Hall–Kier alpha value is -2.97. The lowest BCUT2D eigenvalue weighted by molar-refractivity contribution is 0.0696. The fraction of sp³-hybridized carbons (Fsp3) is 0. The number of carbonyl (C=O) groups is 2. The molecule has 11 heteroatoms. The largest absolute Gasteiger partial charge is 0.478 e. The summed E-state index contributed by atoms with van der Waals surface area (Å²) in [5.74, 6) is -1.59. The maximum absolute atomic E-state index is 11.6. The highest BCUT2D eigenvalue weighted by molar-refractivity contribution is 6.39. The number of nitrogens with zero attached hydrogens (tertiary/aromatic N) is 2. The Morgan fingerprint density at radius 2 is 1.62 bits per heavy atom. The van der Waals surface area contributed by atoms with E-state index in [2.05, 4.69) is 10.3 Å². The van der Waals surface area contributed by atoms with Crippen LogP contribution in [0.2, 0.25) is 20.1 Å². The van der Waals surface area contributed by atoms with Gasteiger partial charge >= 0.3 is 5.97 Å². The lowest BCUT2D eigenvalue weighted by Gasteiger charge is -2.15. The summed E-state index contributed by atoms with van der Waals surface area (Å²) >= 11 is 25.3. The summed E-state index contributed by atoms with van der Waals surface area (Å²) in [7, 11) is 0. The highest BCUT2D eigenvalue weighted by Gasteiger charge is 2.20. The van der Waals surface area contributed by atoms with Crippen molar-refractivity contribution in [1.82, 2.24) is 9.55 Å². The van der Waals surface area contributed by atoms with E-state index in [1.807, 2.05) is 0 Å². The Labute approximate surface area is 201 Å². The monoisotopic (exact) mass is 508 g/mol. The number of nitrogens with one attached hydrogen (secondary N) is 1. The van der Waals surface area contributed by atoms with Crippen molar-refractivity contribution in [3.05, 3.63) is 79.7 Å². The van der Waals surface area contributed by atoms with Crippen LogP contribution in [0.15, 0.2) is 48.5 Å². The minimum absolute atomic E-state index is 0.0534. The highest BCUT2D eigenvalue weighted by Crippen LogP contribution is 2.37. The zero-order chi connectivity index (χ0) is 23.2. The average Bonchev–Trinajstić information content (AvgIpc) is 3.09. The predicted octanol–water partition coefficient (Wildman–Crippen LogP) is 6.18. The molecule has 0 atom stereocenters. The molecular formula is C21H12Cl4N4O3. The maximum Gasteiger partial charge on any atom is 0.335 e. The van der Waals surface area contributed by atoms with Crippen LogP contribution >= 0.6 is 46.4 Å². The van der Waals surface area contributed by atoms with E-state index < -0.39 is 11.9 Å². The van der Waals surface area contributed by atoms with E-state index >= 15 is 0 Å². The number of hydrogen-bond donors (Lipinski definition) is 3. The van der Waals surface area contributed by atoms with Gasteiger partial charge < -0.3 is 16.2 Å². The molecule has 0 aliphatic heterocycles. The van der Waals surface area contributed by atoms with Crippen LogP contribution in [0.1, 0.15) is 20.7 Å². The molecule has 0 bridgehead atoms. The molecule has 0 aliphatic carbocycles. The number of nitrogens with two attached hydrogens (primary N) is 1. The van der Waals surface area contributed by atoms with Crippen LogP contribution in [-0.2, 0) is 0 Å². The molecule has 32 heavy (non-hydrogen) atoms. The summed E-state index contributed by atoms with van der Waals surface area (Å²) in [5.41, 5.74) is 7.11. The van der Waals surface area contributed by atoms with Gasteiger partial charge in [-0.2, -0.15) is 0 Å². The number of rotatable bonds is 5. The lowest BCUT2D eigenvalue weighted by Crippen LogP contribution is -2.12. The van der Waals surface area contributed by atoms with E-state index in [1.54, 1.807) is 28.8 Å². The number of carbonyl (C=O) groups excluding carboxylic acids is 1. The number of primary amides is 1. The molecular weight excluding hydrogens is 498 g/mol. The number of para-hydroxylation sites is 1. The van der Waals surface area contributed by atoms with Crippen molar-refractivity contribution in [3.8, 4) is 5.69 Å². The highest BCUT2D eigenvalue weighted by atomic mass is 35.5. The van der Waals surface area contributed by atoms with Crippen LogP contribution in [0, 0.1) is 0 Å². The number of aromatic nitrogens is 2. The van der Waals surface area contributed by atoms with E-state index in [0.717, 1.165) is 0 Å². The number of aromatic carboxylic acids is 1. The molecule has 0 unspecified atom stereocenters. The van der Waals surface area contributed by atoms with Crippen LogP contribution in [0.5, 0.6) is 0 Å². The summed E-state index contributed by atoms with van der Waals surface area (Å²) in [6.45, 7) is 0. The number of carboxylic acids is 1. The Kier molecular flexibility index (Phi) is 5.92. The van der Waals surface area contributed by atoms with Gasteiger partial charge in [0.1, 0.15) is 0 Å². The van der Waals surface area contributed by atoms with Gasteiger partial charge in [-0.1, -0.05) is 52.5 Å². The first-order chi connectivity index (χ1) is 15.2. The predicted molar refractivity (Wildman–Crippen MR) is 126 cm³/mol. The zero-order valence-corrected chi connectivity index (χ0v) is 18.9. The van der Waals surface area contributed by atoms with Gasteiger partial charge in [0, 0.05) is 0 Å². The van der Waals surface area contributed by atoms with Crippen molar-refractivity contribution in [2.24, 2.45) is 5.73 Å². The first-order valence-corrected chi connectivity index (χ1v) is 10.4. The molecule has 162 valence electrons. The lowest BCUT2D eigenvalue weighted by atomic mass is 10.1. The van der Waals surface area contributed by atoms with Gasteiger partial charge in [-0.25, -0.2) is 9.78 Å². The van der Waals surface area contributed by atoms with Gasteiger partial charge in [0.05, 0.1) is 53.6 Å². The van der Waals surface area contributed by atoms with Gasteiger partial charge in [-0.15, -0.1) is 0 Å². The van der Waals surface area contributed by atoms with Crippen LogP contribution in [-0.4, -0.2) is 26.5 Å². The zero-order valence-electron chi connectivity index (χ0n) is 15.9. The van der Waals surface area contributed by atoms with Crippen molar-refractivity contribution in [1.29, 1.82) is 0 Å². The summed E-state index contributed by atoms with van der Waals surface area (Å²) < 4.78 is 1.61. The molecule has 4 rings (SSSR count). The van der Waals surface area contributed by atoms with Crippen LogP contribution in [0.25, 0.3) is 16.7 Å². The third-order valence-corrected chi connectivity index (χ3v) is 5.89. The molecule has 0 saturated heterocycles. The Bertz CT molecular complexity index is 1400. The normalized spacial score (nSPS) is 11.0. The smallest absolute Gasteiger partial charge is 0.335 e.